The van der Waals surface area contributed by atoms with Crippen molar-refractivity contribution in [2.24, 2.45) is 5.41 Å². The van der Waals surface area contributed by atoms with Crippen molar-refractivity contribution in [3.63, 3.8) is 0 Å². The third-order valence-electron chi connectivity index (χ3n) is 4.42. The van der Waals surface area contributed by atoms with Crippen molar-refractivity contribution in [2.45, 2.75) is 25.4 Å². The molecule has 2 aromatic carbocycles. The molecule has 20 heavy (non-hydrogen) atoms. The second-order valence-corrected chi connectivity index (χ2v) is 5.43. The summed E-state index contributed by atoms with van der Waals surface area (Å²) in [5.41, 5.74) is 0.0871. The highest BCUT2D eigenvalue weighted by molar-refractivity contribution is 5.88. The molecule has 102 valence electrons. The summed E-state index contributed by atoms with van der Waals surface area (Å²) in [6.07, 6.45) is 1.69. The molecule has 0 saturated heterocycles. The average Bonchev–Trinajstić information content (AvgIpc) is 2.45. The van der Waals surface area contributed by atoms with Gasteiger partial charge in [0.25, 0.3) is 0 Å². The van der Waals surface area contributed by atoms with Crippen LogP contribution in [0.25, 0.3) is 10.8 Å². The number of hydrogen-bond donors (Lipinski definition) is 1. The van der Waals surface area contributed by atoms with Gasteiger partial charge in [-0.25, -0.2) is 0 Å². The minimum Gasteiger partial charge on any atom is -0.496 e. The summed E-state index contributed by atoms with van der Waals surface area (Å²) in [6.45, 7) is 0. The Kier molecular flexibility index (Phi) is 3.11. The van der Waals surface area contributed by atoms with E-state index in [9.17, 15) is 10.4 Å². The third-order valence-corrected chi connectivity index (χ3v) is 4.42. The molecule has 3 rings (SSSR count). The first-order chi connectivity index (χ1) is 9.72. The molecule has 1 aliphatic carbocycles. The number of nitrogens with zero attached hydrogens (tertiary/aromatic N) is 1. The second kappa shape index (κ2) is 4.81. The zero-order chi connectivity index (χ0) is 14.2. The quantitative estimate of drug-likeness (QED) is 0.924. The fraction of sp³-hybridized carbons (Fsp3) is 0.353. The Labute approximate surface area is 118 Å². The fourth-order valence-corrected chi connectivity index (χ4v) is 3.02. The minimum atomic E-state index is -0.803. The van der Waals surface area contributed by atoms with Crippen LogP contribution in [0.5, 0.6) is 5.75 Å². The average molecular weight is 267 g/mol. The van der Waals surface area contributed by atoms with Crippen LogP contribution in [0.3, 0.4) is 0 Å². The third kappa shape index (κ3) is 1.76. The summed E-state index contributed by atoms with van der Waals surface area (Å²) in [6, 6.07) is 14.1. The predicted molar refractivity (Wildman–Crippen MR) is 77.4 cm³/mol. The maximum Gasteiger partial charge on any atom is 0.125 e. The van der Waals surface area contributed by atoms with Gasteiger partial charge >= 0.3 is 0 Å². The molecule has 1 unspecified atom stereocenters. The van der Waals surface area contributed by atoms with Crippen LogP contribution in [-0.4, -0.2) is 12.2 Å². The standard InChI is InChI=1S/C17H17NO2/c1-20-14-8-7-12-5-2-3-6-13(12)15(14)16(19)17(11-18)9-4-10-17/h2-3,5-8,16,19H,4,9-10H2,1H3. The summed E-state index contributed by atoms with van der Waals surface area (Å²) < 4.78 is 5.41. The van der Waals surface area contributed by atoms with Crippen molar-refractivity contribution in [3.05, 3.63) is 42.0 Å². The molecule has 0 bridgehead atoms. The Morgan fingerprint density at radius 3 is 2.60 bits per heavy atom. The zero-order valence-corrected chi connectivity index (χ0v) is 11.5. The lowest BCUT2D eigenvalue weighted by molar-refractivity contribution is 0.00752. The number of aliphatic hydroxyl groups excluding tert-OH is 1. The molecule has 1 atom stereocenters. The van der Waals surface area contributed by atoms with E-state index in [4.69, 9.17) is 4.74 Å². The molecule has 0 amide bonds. The van der Waals surface area contributed by atoms with Crippen molar-refractivity contribution < 1.29 is 9.84 Å². The van der Waals surface area contributed by atoms with E-state index in [1.165, 1.54) is 0 Å². The van der Waals surface area contributed by atoms with Gasteiger partial charge < -0.3 is 9.84 Å². The van der Waals surface area contributed by atoms with E-state index in [2.05, 4.69) is 6.07 Å². The Morgan fingerprint density at radius 1 is 1.25 bits per heavy atom. The van der Waals surface area contributed by atoms with Gasteiger partial charge in [-0.3, -0.25) is 0 Å². The van der Waals surface area contributed by atoms with Crippen molar-refractivity contribution in [3.8, 4) is 11.8 Å². The highest BCUT2D eigenvalue weighted by Crippen LogP contribution is 2.52. The lowest BCUT2D eigenvalue weighted by Gasteiger charge is -2.40. The highest BCUT2D eigenvalue weighted by Gasteiger charge is 2.46. The maximum atomic E-state index is 10.8. The molecule has 0 radical (unpaired) electrons. The van der Waals surface area contributed by atoms with E-state index < -0.39 is 11.5 Å². The van der Waals surface area contributed by atoms with Gasteiger partial charge in [0, 0.05) is 5.56 Å². The van der Waals surface area contributed by atoms with Crippen LogP contribution in [0.2, 0.25) is 0 Å². The van der Waals surface area contributed by atoms with Crippen LogP contribution in [-0.2, 0) is 0 Å². The molecule has 3 nitrogen and oxygen atoms in total. The number of fused-ring (bicyclic) bond motifs is 1. The Balaban J connectivity index is 2.21. The normalized spacial score (nSPS) is 18.1. The van der Waals surface area contributed by atoms with Gasteiger partial charge in [0.15, 0.2) is 0 Å². The number of nitriles is 1. The van der Waals surface area contributed by atoms with Gasteiger partial charge in [0.1, 0.15) is 11.9 Å². The summed E-state index contributed by atoms with van der Waals surface area (Å²) in [4.78, 5) is 0. The van der Waals surface area contributed by atoms with Crippen LogP contribution in [0.15, 0.2) is 36.4 Å². The predicted octanol–water partition coefficient (Wildman–Crippen LogP) is 3.58. The molecule has 1 saturated carbocycles. The number of methoxy groups -OCH3 is 1. The fourth-order valence-electron chi connectivity index (χ4n) is 3.02. The van der Waals surface area contributed by atoms with E-state index in [1.807, 2.05) is 36.4 Å². The number of ether oxygens (including phenoxy) is 1. The van der Waals surface area contributed by atoms with Gasteiger partial charge in [0.2, 0.25) is 0 Å². The Morgan fingerprint density at radius 2 is 2.00 bits per heavy atom. The summed E-state index contributed by atoms with van der Waals surface area (Å²) in [5, 5.41) is 22.3. The molecule has 1 aliphatic rings. The van der Waals surface area contributed by atoms with Gasteiger partial charge in [-0.2, -0.15) is 5.26 Å². The van der Waals surface area contributed by atoms with Gasteiger partial charge in [-0.05, 0) is 29.7 Å². The van der Waals surface area contributed by atoms with Crippen LogP contribution in [0.4, 0.5) is 0 Å². The highest BCUT2D eigenvalue weighted by atomic mass is 16.5. The number of hydrogen-bond acceptors (Lipinski definition) is 3. The number of benzene rings is 2. The van der Waals surface area contributed by atoms with Crippen molar-refractivity contribution in [2.75, 3.05) is 7.11 Å². The molecule has 3 heteroatoms. The van der Waals surface area contributed by atoms with Gasteiger partial charge in [-0.15, -0.1) is 0 Å². The lowest BCUT2D eigenvalue weighted by Crippen LogP contribution is -2.34. The van der Waals surface area contributed by atoms with Crippen LogP contribution in [0.1, 0.15) is 30.9 Å². The molecular formula is C17H17NO2. The molecule has 0 spiro atoms. The monoisotopic (exact) mass is 267 g/mol. The van der Waals surface area contributed by atoms with Crippen LogP contribution in [0, 0.1) is 16.7 Å². The van der Waals surface area contributed by atoms with Gasteiger partial charge in [0.05, 0.1) is 18.6 Å². The molecule has 0 aromatic heterocycles. The summed E-state index contributed by atoms with van der Waals surface area (Å²) in [5.74, 6) is 0.651. The molecular weight excluding hydrogens is 250 g/mol. The number of rotatable bonds is 3. The summed E-state index contributed by atoms with van der Waals surface area (Å²) >= 11 is 0. The second-order valence-electron chi connectivity index (χ2n) is 5.43. The van der Waals surface area contributed by atoms with Crippen LogP contribution >= 0.6 is 0 Å². The van der Waals surface area contributed by atoms with Gasteiger partial charge in [-0.1, -0.05) is 36.8 Å². The molecule has 1 fully saturated rings. The van der Waals surface area contributed by atoms with Crippen molar-refractivity contribution >= 4 is 10.8 Å². The topological polar surface area (TPSA) is 53.2 Å². The Hall–Kier alpha value is -2.05. The van der Waals surface area contributed by atoms with E-state index in [-0.39, 0.29) is 0 Å². The van der Waals surface area contributed by atoms with Crippen molar-refractivity contribution in [1.82, 2.24) is 0 Å². The van der Waals surface area contributed by atoms with Crippen LogP contribution < -0.4 is 4.74 Å². The van der Waals surface area contributed by atoms with Crippen molar-refractivity contribution in [1.29, 1.82) is 5.26 Å². The smallest absolute Gasteiger partial charge is 0.125 e. The SMILES string of the molecule is COc1ccc2ccccc2c1C(O)C1(C#N)CCC1. The molecule has 0 heterocycles. The minimum absolute atomic E-state index is 0.651. The molecule has 0 aliphatic heterocycles. The lowest BCUT2D eigenvalue weighted by atomic mass is 9.64. The summed E-state index contributed by atoms with van der Waals surface area (Å²) in [7, 11) is 1.60. The first-order valence-corrected chi connectivity index (χ1v) is 6.87. The van der Waals surface area contributed by atoms with E-state index in [0.29, 0.717) is 5.75 Å². The number of aliphatic hydroxyl groups is 1. The van der Waals surface area contributed by atoms with E-state index in [0.717, 1.165) is 35.6 Å². The zero-order valence-electron chi connectivity index (χ0n) is 11.5. The first-order valence-electron chi connectivity index (χ1n) is 6.87. The maximum absolute atomic E-state index is 10.8. The largest absolute Gasteiger partial charge is 0.496 e. The molecule has 2 aromatic rings. The Bertz CT molecular complexity index is 683. The van der Waals surface area contributed by atoms with E-state index in [1.54, 1.807) is 7.11 Å². The first kappa shape index (κ1) is 13.0. The molecule has 1 N–H and O–H groups in total. The van der Waals surface area contributed by atoms with E-state index >= 15 is 0 Å².